The number of hydrogen-bond donors (Lipinski definition) is 0. The summed E-state index contributed by atoms with van der Waals surface area (Å²) in [6.45, 7) is 0. The molecular weight excluding hydrogens is 1230 g/mol. The predicted molar refractivity (Wildman–Crippen MR) is 395 cm³/mol. The monoisotopic (exact) mass is 1270 g/mol. The second-order valence-corrected chi connectivity index (χ2v) is 24.3. The van der Waals surface area contributed by atoms with Crippen LogP contribution in [-0.2, 0) is 0 Å². The zero-order valence-electron chi connectivity index (χ0n) is 53.2. The van der Waals surface area contributed by atoms with Crippen LogP contribution in [0.1, 0.15) is 22.3 Å². The minimum Gasteiger partial charge on any atom is -0.309 e. The van der Waals surface area contributed by atoms with Crippen LogP contribution < -0.4 is 0 Å². The van der Waals surface area contributed by atoms with Gasteiger partial charge in [-0.3, -0.25) is 0 Å². The SMILES string of the molecule is N#Cc1cc(C#N)cc(-c2ccc3c(c2)c2ccccc2n3-c2cc(-c3nc(-c4ccccc4)nc(-c4ccccc4)n3)ccc2-c2cccc(-c3ccc(-c4nc(-c5ccccc5)nc(-c5ccccc5)n4)cc3-n3c4ccccc4c4cc(-c5cc(C#N)cc(C#N)c5)ccc43)c2)c1. The van der Waals surface area contributed by atoms with Gasteiger partial charge in [-0.05, 0) is 124 Å². The van der Waals surface area contributed by atoms with E-state index in [0.717, 1.165) is 133 Å². The van der Waals surface area contributed by atoms with Crippen molar-refractivity contribution in [2.24, 2.45) is 0 Å². The Hall–Kier alpha value is -14.6. The molecule has 0 saturated heterocycles. The molecule has 0 unspecified atom stereocenters. The van der Waals surface area contributed by atoms with Crippen LogP contribution in [0.5, 0.6) is 0 Å². The molecule has 0 aliphatic carbocycles. The summed E-state index contributed by atoms with van der Waals surface area (Å²) in [5.74, 6) is 3.17. The Labute approximate surface area is 574 Å². The lowest BCUT2D eigenvalue weighted by Crippen LogP contribution is -2.03. The van der Waals surface area contributed by atoms with Gasteiger partial charge in [0.25, 0.3) is 0 Å². The second kappa shape index (κ2) is 25.0. The zero-order valence-corrected chi connectivity index (χ0v) is 53.2. The summed E-state index contributed by atoms with van der Waals surface area (Å²) in [6, 6.07) is 110. The van der Waals surface area contributed by atoms with E-state index in [0.29, 0.717) is 57.2 Å². The van der Waals surface area contributed by atoms with E-state index in [4.69, 9.17) is 29.9 Å². The average molecular weight is 1280 g/mol. The number of aromatic nitrogens is 8. The van der Waals surface area contributed by atoms with Gasteiger partial charge in [0.05, 0.1) is 80.0 Å². The highest BCUT2D eigenvalue weighted by atomic mass is 15.1. The first kappa shape index (κ1) is 59.2. The van der Waals surface area contributed by atoms with Crippen molar-refractivity contribution in [2.75, 3.05) is 0 Å². The Kier molecular flexibility index (Phi) is 14.8. The summed E-state index contributed by atoms with van der Waals surface area (Å²) in [6.07, 6.45) is 0. The second-order valence-electron chi connectivity index (χ2n) is 24.3. The Balaban J connectivity index is 0.901. The smallest absolute Gasteiger partial charge is 0.164 e. The Morgan fingerprint density at radius 3 is 0.830 bits per heavy atom. The number of hydrogen-bond acceptors (Lipinski definition) is 10. The third-order valence-electron chi connectivity index (χ3n) is 18.3. The van der Waals surface area contributed by atoms with Crippen molar-refractivity contribution in [3.05, 3.63) is 326 Å². The first-order valence-electron chi connectivity index (χ1n) is 32.5. The predicted octanol–water partition coefficient (Wildman–Crippen LogP) is 20.4. The van der Waals surface area contributed by atoms with E-state index in [-0.39, 0.29) is 0 Å². The highest BCUT2D eigenvalue weighted by molar-refractivity contribution is 6.13. The maximum absolute atomic E-state index is 10.1. The van der Waals surface area contributed by atoms with E-state index < -0.39 is 0 Å². The maximum atomic E-state index is 10.1. The fourth-order valence-corrected chi connectivity index (χ4v) is 13.6. The van der Waals surface area contributed by atoms with E-state index in [2.05, 4.69) is 179 Å². The van der Waals surface area contributed by atoms with Crippen LogP contribution in [0.3, 0.4) is 0 Å². The van der Waals surface area contributed by atoms with Crippen molar-refractivity contribution in [3.63, 3.8) is 0 Å². The number of nitriles is 4. The van der Waals surface area contributed by atoms with Crippen LogP contribution in [0.4, 0.5) is 0 Å². The molecule has 13 aromatic carbocycles. The number of benzene rings is 13. The minimum absolute atomic E-state index is 0.408. The summed E-state index contributed by atoms with van der Waals surface area (Å²) in [5.41, 5.74) is 19.1. The first-order valence-corrected chi connectivity index (χ1v) is 32.5. The van der Waals surface area contributed by atoms with Crippen molar-refractivity contribution in [1.29, 1.82) is 21.0 Å². The van der Waals surface area contributed by atoms with E-state index in [1.165, 1.54) is 0 Å². The molecule has 4 aromatic heterocycles. The van der Waals surface area contributed by atoms with Crippen molar-refractivity contribution < 1.29 is 0 Å². The van der Waals surface area contributed by atoms with Gasteiger partial charge >= 0.3 is 0 Å². The summed E-state index contributed by atoms with van der Waals surface area (Å²) in [4.78, 5) is 31.1. The topological polar surface area (TPSA) is 182 Å². The van der Waals surface area contributed by atoms with Crippen LogP contribution in [0.25, 0.3) is 168 Å². The molecule has 0 saturated carbocycles. The van der Waals surface area contributed by atoms with Gasteiger partial charge in [-0.1, -0.05) is 212 Å². The van der Waals surface area contributed by atoms with Crippen molar-refractivity contribution >= 4 is 43.6 Å². The lowest BCUT2D eigenvalue weighted by Gasteiger charge is -2.19. The van der Waals surface area contributed by atoms with Gasteiger partial charge in [0.1, 0.15) is 0 Å². The fourth-order valence-electron chi connectivity index (χ4n) is 13.6. The van der Waals surface area contributed by atoms with Gasteiger partial charge in [0.15, 0.2) is 34.9 Å². The number of fused-ring (bicyclic) bond motifs is 6. The van der Waals surface area contributed by atoms with Crippen LogP contribution in [0.15, 0.2) is 303 Å². The summed E-state index contributed by atoms with van der Waals surface area (Å²) >= 11 is 0. The Morgan fingerprint density at radius 1 is 0.200 bits per heavy atom. The molecule has 0 atom stereocenters. The van der Waals surface area contributed by atoms with Gasteiger partial charge in [0.2, 0.25) is 0 Å². The standard InChI is InChI=1S/C88H50N12/c89-51-55-40-56(52-90)43-69(42-55)63-34-38-79-75(47-63)73-28-13-15-30-77(73)99(79)81-49-67(87-95-83(59-18-5-1-6-19-59)93-84(96-87)60-20-7-2-8-21-60)32-36-71(81)65-26-17-27-66(46-65)72-37-33-68(88-97-85(61-22-9-3-10-23-61)94-86(98-88)62-24-11-4-12-25-62)50-82(72)100-78-31-16-14-29-74(78)76-48-64(35-39-80(76)100)70-44-57(53-91)41-58(45-70)54-92/h1-50H. The van der Waals surface area contributed by atoms with Crippen LogP contribution in [0, 0.1) is 45.3 Å². The highest BCUT2D eigenvalue weighted by Crippen LogP contribution is 2.44. The maximum Gasteiger partial charge on any atom is 0.164 e. The van der Waals surface area contributed by atoms with Crippen LogP contribution in [-0.4, -0.2) is 39.0 Å². The Bertz CT molecular complexity index is 5770. The normalized spacial score (nSPS) is 11.2. The highest BCUT2D eigenvalue weighted by Gasteiger charge is 2.24. The van der Waals surface area contributed by atoms with Crippen LogP contribution in [0.2, 0.25) is 0 Å². The molecule has 0 amide bonds. The third-order valence-corrected chi connectivity index (χ3v) is 18.3. The number of rotatable bonds is 12. The molecule has 0 N–H and O–H groups in total. The molecule has 17 rings (SSSR count). The molecule has 0 aliphatic heterocycles. The van der Waals surface area contributed by atoms with Gasteiger partial charge in [-0.25, -0.2) is 29.9 Å². The largest absolute Gasteiger partial charge is 0.309 e. The lowest BCUT2D eigenvalue weighted by atomic mass is 9.95. The van der Waals surface area contributed by atoms with Gasteiger partial charge in [-0.2, -0.15) is 21.0 Å². The molecule has 0 aliphatic rings. The van der Waals surface area contributed by atoms with E-state index in [9.17, 15) is 21.0 Å². The summed E-state index contributed by atoms with van der Waals surface area (Å²) in [7, 11) is 0. The number of nitrogens with zero attached hydrogens (tertiary/aromatic N) is 12. The Morgan fingerprint density at radius 2 is 0.490 bits per heavy atom. The molecule has 0 fully saturated rings. The molecule has 17 aromatic rings. The average Bonchev–Trinajstić information content (AvgIpc) is 1.57. The molecular formula is C88H50N12. The minimum atomic E-state index is 0.408. The third kappa shape index (κ3) is 10.8. The molecule has 0 bridgehead atoms. The molecule has 12 heteroatoms. The van der Waals surface area contributed by atoms with Crippen molar-refractivity contribution in [2.45, 2.75) is 0 Å². The fraction of sp³-hybridized carbons (Fsp3) is 0. The van der Waals surface area contributed by atoms with Crippen molar-refractivity contribution in [3.8, 4) is 148 Å². The van der Waals surface area contributed by atoms with Crippen LogP contribution >= 0.6 is 0 Å². The van der Waals surface area contributed by atoms with E-state index in [1.54, 1.807) is 12.1 Å². The zero-order chi connectivity index (χ0) is 67.2. The molecule has 12 nitrogen and oxygen atoms in total. The van der Waals surface area contributed by atoms with Gasteiger partial charge in [-0.15, -0.1) is 0 Å². The molecule has 0 spiro atoms. The van der Waals surface area contributed by atoms with E-state index in [1.807, 2.05) is 146 Å². The summed E-state index contributed by atoms with van der Waals surface area (Å²) < 4.78 is 4.63. The van der Waals surface area contributed by atoms with E-state index >= 15 is 0 Å². The number of para-hydroxylation sites is 2. The van der Waals surface area contributed by atoms with Gasteiger partial charge in [0, 0.05) is 66.1 Å². The molecule has 100 heavy (non-hydrogen) atoms. The first-order chi connectivity index (χ1) is 49.3. The lowest BCUT2D eigenvalue weighted by molar-refractivity contribution is 1.07. The molecule has 4 heterocycles. The van der Waals surface area contributed by atoms with Crippen molar-refractivity contribution in [1.82, 2.24) is 39.0 Å². The molecule has 0 radical (unpaired) electrons. The van der Waals surface area contributed by atoms with Gasteiger partial charge < -0.3 is 9.13 Å². The summed E-state index contributed by atoms with van der Waals surface area (Å²) in [5, 5.41) is 44.2. The molecule has 462 valence electrons. The quantitative estimate of drug-likeness (QED) is 0.114.